The van der Waals surface area contributed by atoms with Gasteiger partial charge in [0, 0.05) is 5.75 Å². The first-order chi connectivity index (χ1) is 4.43. The summed E-state index contributed by atoms with van der Waals surface area (Å²) in [5, 5.41) is 1.30. The van der Waals surface area contributed by atoms with Crippen LogP contribution in [0.15, 0.2) is 4.99 Å². The van der Waals surface area contributed by atoms with E-state index in [1.165, 1.54) is 5.04 Å². The summed E-state index contributed by atoms with van der Waals surface area (Å²) >= 11 is 5.79. The smallest absolute Gasteiger partial charge is 0.0857 e. The van der Waals surface area contributed by atoms with Crippen molar-refractivity contribution in [1.82, 2.24) is 0 Å². The third kappa shape index (κ3) is 4.50. The predicted octanol–water partition coefficient (Wildman–Crippen LogP) is 2.50. The molecule has 0 aromatic carbocycles. The second-order valence-electron chi connectivity index (χ2n) is 1.23. The van der Waals surface area contributed by atoms with E-state index in [0.717, 1.165) is 11.6 Å². The fraction of sp³-hybridized carbons (Fsp3) is 0.800. The molecule has 1 rings (SSSR count). The molecule has 0 amide bonds. The van der Waals surface area contributed by atoms with Crippen LogP contribution in [0.2, 0.25) is 0 Å². The van der Waals surface area contributed by atoms with Gasteiger partial charge < -0.3 is 0 Å². The SMILES string of the molecule is CI.CSC1=NCSC1. The first kappa shape index (κ1) is 10.1. The molecule has 0 atom stereocenters. The first-order valence-electron chi connectivity index (χ1n) is 2.46. The van der Waals surface area contributed by atoms with Gasteiger partial charge in [-0.05, 0) is 11.2 Å². The summed E-state index contributed by atoms with van der Waals surface area (Å²) in [5.74, 6) is 2.12. The molecule has 0 aliphatic carbocycles. The lowest BCUT2D eigenvalue weighted by atomic mass is 10.9. The average molecular weight is 275 g/mol. The number of thioether (sulfide) groups is 2. The normalized spacial score (nSPS) is 16.1. The van der Waals surface area contributed by atoms with Crippen molar-refractivity contribution in [1.29, 1.82) is 0 Å². The van der Waals surface area contributed by atoms with Crippen molar-refractivity contribution < 1.29 is 0 Å². The highest BCUT2D eigenvalue weighted by Crippen LogP contribution is 2.15. The van der Waals surface area contributed by atoms with E-state index in [1.54, 1.807) is 11.8 Å². The third-order valence-corrected chi connectivity index (χ3v) is 2.51. The maximum atomic E-state index is 4.20. The van der Waals surface area contributed by atoms with Crippen LogP contribution < -0.4 is 0 Å². The van der Waals surface area contributed by atoms with Gasteiger partial charge in [-0.25, -0.2) is 0 Å². The molecular weight excluding hydrogens is 265 g/mol. The fourth-order valence-electron chi connectivity index (χ4n) is 0.420. The molecule has 1 aliphatic heterocycles. The van der Waals surface area contributed by atoms with Gasteiger partial charge in [-0.3, -0.25) is 4.99 Å². The maximum absolute atomic E-state index is 4.20. The molecule has 0 unspecified atom stereocenters. The fourth-order valence-corrected chi connectivity index (χ4v) is 2.02. The first-order valence-corrected chi connectivity index (χ1v) is 7.00. The van der Waals surface area contributed by atoms with Gasteiger partial charge in [0.15, 0.2) is 0 Å². The molecule has 1 nitrogen and oxygen atoms in total. The molecule has 0 aromatic heterocycles. The van der Waals surface area contributed by atoms with Crippen molar-refractivity contribution in [2.24, 2.45) is 4.99 Å². The van der Waals surface area contributed by atoms with Crippen LogP contribution in [-0.2, 0) is 0 Å². The Labute approximate surface area is 78.6 Å². The zero-order valence-corrected chi connectivity index (χ0v) is 9.35. The molecule has 1 heterocycles. The standard InChI is InChI=1S/C4H7NS2.CH3I/c1-6-4-2-7-3-5-4;1-2/h2-3H2,1H3;1H3. The van der Waals surface area contributed by atoms with Gasteiger partial charge in [0.2, 0.25) is 0 Å². The number of nitrogens with zero attached hydrogens (tertiary/aromatic N) is 1. The Balaban J connectivity index is 0.000000291. The van der Waals surface area contributed by atoms with Gasteiger partial charge in [-0.2, -0.15) is 0 Å². The highest BCUT2D eigenvalue weighted by Gasteiger charge is 2.02. The summed E-state index contributed by atoms with van der Waals surface area (Å²) < 4.78 is 0. The lowest BCUT2D eigenvalue weighted by Crippen LogP contribution is -1.85. The van der Waals surface area contributed by atoms with E-state index < -0.39 is 0 Å². The van der Waals surface area contributed by atoms with Crippen LogP contribution in [0.5, 0.6) is 0 Å². The Morgan fingerprint density at radius 3 is 2.56 bits per heavy atom. The van der Waals surface area contributed by atoms with Crippen LogP contribution in [-0.4, -0.2) is 27.9 Å². The Morgan fingerprint density at radius 1 is 1.67 bits per heavy atom. The molecule has 0 saturated carbocycles. The molecule has 0 radical (unpaired) electrons. The lowest BCUT2D eigenvalue weighted by Gasteiger charge is -1.85. The van der Waals surface area contributed by atoms with Crippen LogP contribution in [0.25, 0.3) is 0 Å². The second kappa shape index (κ2) is 7.21. The van der Waals surface area contributed by atoms with Crippen molar-refractivity contribution in [3.05, 3.63) is 0 Å². The van der Waals surface area contributed by atoms with Crippen LogP contribution >= 0.6 is 46.1 Å². The summed E-state index contributed by atoms with van der Waals surface area (Å²) in [4.78, 5) is 6.17. The van der Waals surface area contributed by atoms with E-state index in [1.807, 2.05) is 16.7 Å². The van der Waals surface area contributed by atoms with E-state index in [2.05, 4.69) is 33.8 Å². The molecule has 0 spiro atoms. The van der Waals surface area contributed by atoms with E-state index in [9.17, 15) is 0 Å². The summed E-state index contributed by atoms with van der Waals surface area (Å²) in [7, 11) is 0. The van der Waals surface area contributed by atoms with Crippen LogP contribution in [0, 0.1) is 0 Å². The highest BCUT2D eigenvalue weighted by atomic mass is 127. The van der Waals surface area contributed by atoms with E-state index in [-0.39, 0.29) is 0 Å². The van der Waals surface area contributed by atoms with Gasteiger partial charge in [-0.15, -0.1) is 23.5 Å². The molecule has 54 valence electrons. The van der Waals surface area contributed by atoms with E-state index >= 15 is 0 Å². The van der Waals surface area contributed by atoms with Crippen LogP contribution in [0.4, 0.5) is 0 Å². The lowest BCUT2D eigenvalue weighted by molar-refractivity contribution is 1.42. The maximum Gasteiger partial charge on any atom is 0.0857 e. The summed E-state index contributed by atoms with van der Waals surface area (Å²) in [6, 6.07) is 0. The second-order valence-corrected chi connectivity index (χ2v) is 3.07. The van der Waals surface area contributed by atoms with Crippen molar-refractivity contribution in [3.63, 3.8) is 0 Å². The molecule has 0 bridgehead atoms. The Kier molecular flexibility index (Phi) is 8.09. The number of halogens is 1. The number of aliphatic imine (C=N–C) groups is 1. The van der Waals surface area contributed by atoms with Crippen LogP contribution in [0.1, 0.15) is 0 Å². The molecule has 9 heavy (non-hydrogen) atoms. The number of hydrogen-bond acceptors (Lipinski definition) is 3. The predicted molar refractivity (Wildman–Crippen MR) is 58.2 cm³/mol. The molecule has 0 saturated heterocycles. The molecule has 0 N–H and O–H groups in total. The van der Waals surface area contributed by atoms with Gasteiger partial charge in [0.1, 0.15) is 0 Å². The van der Waals surface area contributed by atoms with Crippen LogP contribution in [0.3, 0.4) is 0 Å². The minimum Gasteiger partial charge on any atom is -0.271 e. The summed E-state index contributed by atoms with van der Waals surface area (Å²) in [5.41, 5.74) is 0. The Hall–Kier alpha value is 1.10. The van der Waals surface area contributed by atoms with Crippen molar-refractivity contribution in [2.75, 3.05) is 22.8 Å². The molecule has 0 aromatic rings. The minimum atomic E-state index is 0.982. The highest BCUT2D eigenvalue weighted by molar-refractivity contribution is 14.1. The third-order valence-electron chi connectivity index (χ3n) is 0.793. The monoisotopic (exact) mass is 275 g/mol. The van der Waals surface area contributed by atoms with Crippen molar-refractivity contribution >= 4 is 51.2 Å². The zero-order valence-electron chi connectivity index (χ0n) is 5.56. The van der Waals surface area contributed by atoms with Gasteiger partial charge >= 0.3 is 0 Å². The largest absolute Gasteiger partial charge is 0.271 e. The zero-order chi connectivity index (χ0) is 7.11. The summed E-state index contributed by atoms with van der Waals surface area (Å²) in [6.45, 7) is 0. The van der Waals surface area contributed by atoms with Gasteiger partial charge in [0.05, 0.1) is 10.9 Å². The molecular formula is C5H10INS2. The number of hydrogen-bond donors (Lipinski definition) is 0. The molecule has 1 aliphatic rings. The van der Waals surface area contributed by atoms with Crippen molar-refractivity contribution in [2.45, 2.75) is 0 Å². The Morgan fingerprint density at radius 2 is 2.33 bits per heavy atom. The number of rotatable bonds is 0. The van der Waals surface area contributed by atoms with E-state index in [4.69, 9.17) is 0 Å². The molecule has 0 fully saturated rings. The van der Waals surface area contributed by atoms with Gasteiger partial charge in [-0.1, -0.05) is 22.6 Å². The van der Waals surface area contributed by atoms with Gasteiger partial charge in [0.25, 0.3) is 0 Å². The summed E-state index contributed by atoms with van der Waals surface area (Å²) in [6.07, 6.45) is 2.07. The topological polar surface area (TPSA) is 12.4 Å². The minimum absolute atomic E-state index is 0.982. The molecule has 4 heteroatoms. The average Bonchev–Trinajstić information content (AvgIpc) is 2.43. The quantitative estimate of drug-likeness (QED) is 0.497. The van der Waals surface area contributed by atoms with E-state index in [0.29, 0.717) is 0 Å². The number of alkyl halides is 1. The van der Waals surface area contributed by atoms with Crippen molar-refractivity contribution in [3.8, 4) is 0 Å². The Bertz CT molecular complexity index is 95.0.